The highest BCUT2D eigenvalue weighted by molar-refractivity contribution is 6.64. The molecule has 0 atom stereocenters. The fraction of sp³-hybridized carbons (Fsp3) is 0.167. The second-order valence-corrected chi connectivity index (χ2v) is 7.40. The average molecular weight is 431 g/mol. The van der Waals surface area contributed by atoms with Crippen LogP contribution in [0.1, 0.15) is 5.56 Å². The second kappa shape index (κ2) is 10.0. The molecule has 0 aromatic heterocycles. The van der Waals surface area contributed by atoms with Crippen molar-refractivity contribution in [2.24, 2.45) is 0 Å². The van der Waals surface area contributed by atoms with Crippen LogP contribution in [0.15, 0.2) is 78.9 Å². The Morgan fingerprint density at radius 1 is 0.781 bits per heavy atom. The first-order valence-electron chi connectivity index (χ1n) is 10.2. The third-order valence-corrected chi connectivity index (χ3v) is 4.74. The predicted molar refractivity (Wildman–Crippen MR) is 119 cm³/mol. The second-order valence-electron chi connectivity index (χ2n) is 7.40. The molecule has 0 spiro atoms. The van der Waals surface area contributed by atoms with Crippen molar-refractivity contribution in [3.8, 4) is 17.2 Å². The number of rotatable bonds is 6. The lowest BCUT2D eigenvalue weighted by atomic mass is 9.78. The fourth-order valence-electron chi connectivity index (χ4n) is 3.14. The minimum atomic E-state index is -1.06. The molecule has 1 saturated heterocycles. The summed E-state index contributed by atoms with van der Waals surface area (Å²) in [5.74, 6) is 1.26. The molecule has 0 aliphatic carbocycles. The Balaban J connectivity index is 1.32. The van der Waals surface area contributed by atoms with E-state index >= 15 is 0 Å². The molecule has 8 heteroatoms. The van der Waals surface area contributed by atoms with Crippen LogP contribution in [-0.4, -0.2) is 44.1 Å². The molecule has 3 aromatic carbocycles. The molecule has 4 rings (SSSR count). The molecule has 162 valence electrons. The Hall–Kier alpha value is -3.78. The van der Waals surface area contributed by atoms with Gasteiger partial charge in [-0.3, -0.25) is 14.5 Å². The number of benzene rings is 3. The topological polar surface area (TPSA) is 74.3 Å². The van der Waals surface area contributed by atoms with Crippen LogP contribution >= 0.6 is 0 Å². The van der Waals surface area contributed by atoms with E-state index < -0.39 is 19.1 Å². The zero-order valence-corrected chi connectivity index (χ0v) is 17.6. The highest BCUT2D eigenvalue weighted by atomic mass is 16.6. The zero-order chi connectivity index (χ0) is 22.3. The summed E-state index contributed by atoms with van der Waals surface area (Å²) in [7, 11) is 0.591. The van der Waals surface area contributed by atoms with E-state index in [4.69, 9.17) is 18.8 Å². The molecule has 0 radical (unpaired) electrons. The first-order chi connectivity index (χ1) is 15.5. The van der Waals surface area contributed by atoms with Crippen molar-refractivity contribution in [1.29, 1.82) is 0 Å². The monoisotopic (exact) mass is 431 g/mol. The van der Waals surface area contributed by atoms with Gasteiger partial charge in [0.05, 0.1) is 13.1 Å². The van der Waals surface area contributed by atoms with Crippen LogP contribution in [0.4, 0.5) is 0 Å². The third kappa shape index (κ3) is 5.89. The number of ether oxygens (including phenoxy) is 2. The predicted octanol–water partition coefficient (Wildman–Crippen LogP) is 2.78. The summed E-state index contributed by atoms with van der Waals surface area (Å²) in [5.41, 5.74) is 1.55. The molecule has 0 unspecified atom stereocenters. The Kier molecular flexibility index (Phi) is 6.72. The Labute approximate surface area is 186 Å². The molecule has 1 aliphatic rings. The molecule has 32 heavy (non-hydrogen) atoms. The minimum Gasteiger partial charge on any atom is -0.494 e. The van der Waals surface area contributed by atoms with Gasteiger partial charge in [-0.25, -0.2) is 0 Å². The van der Waals surface area contributed by atoms with Crippen molar-refractivity contribution in [2.75, 3.05) is 20.1 Å². The molecule has 0 N–H and O–H groups in total. The van der Waals surface area contributed by atoms with Crippen LogP contribution in [0.3, 0.4) is 0 Å². The first-order valence-corrected chi connectivity index (χ1v) is 10.2. The molecule has 7 nitrogen and oxygen atoms in total. The summed E-state index contributed by atoms with van der Waals surface area (Å²) < 4.78 is 22.1. The summed E-state index contributed by atoms with van der Waals surface area (Å²) >= 11 is 0. The third-order valence-electron chi connectivity index (χ3n) is 4.74. The lowest BCUT2D eigenvalue weighted by Gasteiger charge is -2.22. The summed E-state index contributed by atoms with van der Waals surface area (Å²) in [5, 5.41) is 0. The van der Waals surface area contributed by atoms with Crippen molar-refractivity contribution < 1.29 is 28.4 Å². The van der Waals surface area contributed by atoms with Gasteiger partial charge < -0.3 is 18.8 Å². The maximum atomic E-state index is 11.9. The minimum absolute atomic E-state index is 0.0297. The Morgan fingerprint density at radius 3 is 1.97 bits per heavy atom. The van der Waals surface area contributed by atoms with Gasteiger partial charge in [0.1, 0.15) is 23.9 Å². The smallest absolute Gasteiger partial charge is 0.494 e. The van der Waals surface area contributed by atoms with Gasteiger partial charge in [-0.15, -0.1) is 0 Å². The van der Waals surface area contributed by atoms with Crippen LogP contribution in [0.5, 0.6) is 17.2 Å². The summed E-state index contributed by atoms with van der Waals surface area (Å²) in [6, 6.07) is 24.2. The molecule has 3 aromatic rings. The maximum absolute atomic E-state index is 11.9. The molecule has 0 bridgehead atoms. The van der Waals surface area contributed by atoms with Crippen LogP contribution in [0.25, 0.3) is 0 Å². The van der Waals surface area contributed by atoms with E-state index in [2.05, 4.69) is 0 Å². The number of para-hydroxylation sites is 1. The molecule has 1 fully saturated rings. The van der Waals surface area contributed by atoms with Gasteiger partial charge in [-0.05, 0) is 49.0 Å². The number of likely N-dealkylation sites (N-methyl/N-ethyl adjacent to an activating group) is 1. The van der Waals surface area contributed by atoms with E-state index in [1.165, 1.54) is 4.90 Å². The maximum Gasteiger partial charge on any atom is 0.636 e. The van der Waals surface area contributed by atoms with Gasteiger partial charge in [-0.1, -0.05) is 42.5 Å². The van der Waals surface area contributed by atoms with Crippen LogP contribution < -0.4 is 14.9 Å². The van der Waals surface area contributed by atoms with Crippen molar-refractivity contribution in [2.45, 2.75) is 6.61 Å². The van der Waals surface area contributed by atoms with Crippen LogP contribution in [-0.2, 0) is 25.5 Å². The first kappa shape index (κ1) is 21.5. The largest absolute Gasteiger partial charge is 0.636 e. The van der Waals surface area contributed by atoms with Crippen LogP contribution in [0.2, 0.25) is 0 Å². The number of carbonyl (C=O) groups is 2. The van der Waals surface area contributed by atoms with E-state index in [1.54, 1.807) is 31.3 Å². The summed E-state index contributed by atoms with van der Waals surface area (Å²) in [6.45, 7) is 0.439. The highest BCUT2D eigenvalue weighted by Gasteiger charge is 2.33. The van der Waals surface area contributed by atoms with E-state index in [-0.39, 0.29) is 13.1 Å². The molecule has 0 saturated carbocycles. The molecule has 1 aliphatic heterocycles. The fourth-order valence-corrected chi connectivity index (χ4v) is 3.14. The van der Waals surface area contributed by atoms with Crippen molar-refractivity contribution in [3.05, 3.63) is 84.4 Å². The molecule has 1 heterocycles. The molecular formula is C24H22BNO6. The van der Waals surface area contributed by atoms with E-state index in [9.17, 15) is 9.59 Å². The van der Waals surface area contributed by atoms with Gasteiger partial charge in [0.15, 0.2) is 0 Å². The standard InChI is InChI=1S/C24H22BNO6/c1-26-15-23(27)31-25(32-24(28)16-26)19-9-13-20(14-10-19)29-17-18-7-11-22(12-8-18)30-21-5-3-2-4-6-21/h2-14H,15-17H2,1H3. The summed E-state index contributed by atoms with van der Waals surface area (Å²) in [6.07, 6.45) is 0. The lowest BCUT2D eigenvalue weighted by Crippen LogP contribution is -2.47. The van der Waals surface area contributed by atoms with Gasteiger partial charge in [0.2, 0.25) is 0 Å². The SMILES string of the molecule is CN1CC(=O)OB(c2ccc(OCc3ccc(Oc4ccccc4)cc3)cc2)OC(=O)C1. The van der Waals surface area contributed by atoms with Gasteiger partial charge in [0, 0.05) is 5.46 Å². The average Bonchev–Trinajstić information content (AvgIpc) is 2.78. The Bertz CT molecular complexity index is 1040. The number of nitrogens with zero attached hydrogens (tertiary/aromatic N) is 1. The number of hydrogen-bond acceptors (Lipinski definition) is 7. The van der Waals surface area contributed by atoms with E-state index in [0.717, 1.165) is 17.1 Å². The normalized spacial score (nSPS) is 14.7. The zero-order valence-electron chi connectivity index (χ0n) is 17.6. The lowest BCUT2D eigenvalue weighted by molar-refractivity contribution is -0.145. The van der Waals surface area contributed by atoms with Gasteiger partial charge >= 0.3 is 19.1 Å². The van der Waals surface area contributed by atoms with E-state index in [1.807, 2.05) is 54.6 Å². The van der Waals surface area contributed by atoms with Gasteiger partial charge in [-0.2, -0.15) is 0 Å². The summed E-state index contributed by atoms with van der Waals surface area (Å²) in [4.78, 5) is 25.3. The van der Waals surface area contributed by atoms with Crippen molar-refractivity contribution >= 4 is 24.5 Å². The number of carbonyl (C=O) groups excluding carboxylic acids is 2. The van der Waals surface area contributed by atoms with Crippen molar-refractivity contribution in [3.63, 3.8) is 0 Å². The number of hydrogen-bond donors (Lipinski definition) is 0. The Morgan fingerprint density at radius 2 is 1.34 bits per heavy atom. The quantitative estimate of drug-likeness (QED) is 0.556. The highest BCUT2D eigenvalue weighted by Crippen LogP contribution is 2.21. The van der Waals surface area contributed by atoms with E-state index in [0.29, 0.717) is 17.8 Å². The molecule has 0 amide bonds. The molecular weight excluding hydrogens is 409 g/mol. The van der Waals surface area contributed by atoms with Crippen molar-refractivity contribution in [1.82, 2.24) is 4.90 Å². The van der Waals surface area contributed by atoms with Crippen LogP contribution in [0, 0.1) is 0 Å². The van der Waals surface area contributed by atoms with Gasteiger partial charge in [0.25, 0.3) is 0 Å².